The largest absolute Gasteiger partial charge is 0.508 e. The van der Waals surface area contributed by atoms with Crippen molar-refractivity contribution in [1.82, 2.24) is 15.2 Å². The number of phenolic OH excluding ortho intramolecular Hbond substituents is 1. The number of hydrogen-bond donors (Lipinski definition) is 2. The highest BCUT2D eigenvalue weighted by Crippen LogP contribution is 2.42. The van der Waals surface area contributed by atoms with Crippen LogP contribution in [0.3, 0.4) is 0 Å². The summed E-state index contributed by atoms with van der Waals surface area (Å²) in [6.07, 6.45) is 4.20. The molecule has 2 amide bonds. The zero-order chi connectivity index (χ0) is 27.4. The summed E-state index contributed by atoms with van der Waals surface area (Å²) in [6.45, 7) is 5.39. The summed E-state index contributed by atoms with van der Waals surface area (Å²) in [4.78, 5) is 19.5. The number of aromatic nitrogens is 1. The van der Waals surface area contributed by atoms with Crippen LogP contribution in [-0.2, 0) is 19.4 Å². The lowest BCUT2D eigenvalue weighted by molar-refractivity contribution is 0.179. The van der Waals surface area contributed by atoms with E-state index >= 15 is 0 Å². The molecule has 0 radical (unpaired) electrons. The van der Waals surface area contributed by atoms with Gasteiger partial charge in [0, 0.05) is 13.0 Å². The van der Waals surface area contributed by atoms with Gasteiger partial charge in [0.05, 0.1) is 32.0 Å². The maximum atomic E-state index is 13.5. The van der Waals surface area contributed by atoms with Crippen molar-refractivity contribution in [3.63, 3.8) is 0 Å². The Morgan fingerprint density at radius 3 is 2.74 bits per heavy atom. The second-order valence-corrected chi connectivity index (χ2v) is 9.81. The molecule has 4 aromatic rings. The lowest BCUT2D eigenvalue weighted by Gasteiger charge is -2.38. The quantitative estimate of drug-likeness (QED) is 0.315. The normalized spacial score (nSPS) is 14.5. The minimum Gasteiger partial charge on any atom is -0.508 e. The number of ether oxygens (including phenoxy) is 2. The number of hydrogen-bond acceptors (Lipinski definition) is 6. The van der Waals surface area contributed by atoms with Crippen LogP contribution in [-0.4, -0.2) is 41.3 Å². The van der Waals surface area contributed by atoms with Crippen LogP contribution < -0.4 is 14.8 Å². The van der Waals surface area contributed by atoms with Gasteiger partial charge in [-0.3, -0.25) is 0 Å². The molecular formula is C31H33N3O5. The average molecular weight is 528 g/mol. The Balaban J connectivity index is 1.47. The fraction of sp³-hybridized carbons (Fsp3) is 0.290. The number of urea groups is 1. The van der Waals surface area contributed by atoms with Gasteiger partial charge in [-0.25, -0.2) is 9.78 Å². The maximum absolute atomic E-state index is 13.5. The van der Waals surface area contributed by atoms with E-state index in [1.54, 1.807) is 19.2 Å². The van der Waals surface area contributed by atoms with Crippen molar-refractivity contribution >= 4 is 6.03 Å². The molecule has 202 valence electrons. The molecule has 0 bridgehead atoms. The van der Waals surface area contributed by atoms with Gasteiger partial charge in [0.1, 0.15) is 12.0 Å². The van der Waals surface area contributed by atoms with Crippen LogP contribution in [0.1, 0.15) is 45.1 Å². The molecule has 3 aromatic carbocycles. The zero-order valence-electron chi connectivity index (χ0n) is 22.4. The number of oxazole rings is 1. The number of aromatic hydroxyl groups is 1. The number of methoxy groups -OCH3 is 1. The molecule has 8 heteroatoms. The molecule has 39 heavy (non-hydrogen) atoms. The Morgan fingerprint density at radius 2 is 2.00 bits per heavy atom. The standard InChI is InChI=1S/C31H33N3O5/c1-20-7-8-26(21(2)13-20)30-27-16-29(39-12-10-22-5-4-6-25(35)14-22)28(37-3)15-23(27)9-11-34(30)31(36)32-17-24-18-38-19-33-24/h4-8,13-16,18-19,30,35H,9-12,17H2,1-3H3,(H,32,36). The smallest absolute Gasteiger partial charge is 0.318 e. The average Bonchev–Trinajstić information content (AvgIpc) is 3.45. The molecular weight excluding hydrogens is 494 g/mol. The van der Waals surface area contributed by atoms with E-state index in [1.807, 2.05) is 29.2 Å². The van der Waals surface area contributed by atoms with E-state index in [2.05, 4.69) is 42.3 Å². The summed E-state index contributed by atoms with van der Waals surface area (Å²) in [6, 6.07) is 17.1. The molecule has 1 aliphatic heterocycles. The molecule has 0 saturated carbocycles. The van der Waals surface area contributed by atoms with Crippen LogP contribution in [0.2, 0.25) is 0 Å². The number of rotatable bonds is 8. The summed E-state index contributed by atoms with van der Waals surface area (Å²) < 4.78 is 17.0. The minimum atomic E-state index is -0.300. The highest BCUT2D eigenvalue weighted by Gasteiger charge is 2.34. The van der Waals surface area contributed by atoms with Crippen molar-refractivity contribution in [3.8, 4) is 17.2 Å². The summed E-state index contributed by atoms with van der Waals surface area (Å²) in [7, 11) is 1.64. The van der Waals surface area contributed by atoms with Crippen molar-refractivity contribution in [1.29, 1.82) is 0 Å². The SMILES string of the molecule is COc1cc2c(cc1OCCc1cccc(O)c1)C(c1ccc(C)cc1C)N(C(=O)NCc1cocn1)CC2. The van der Waals surface area contributed by atoms with Crippen molar-refractivity contribution < 1.29 is 23.8 Å². The Labute approximate surface area is 228 Å². The van der Waals surface area contributed by atoms with Crippen LogP contribution in [0.25, 0.3) is 0 Å². The molecule has 2 N–H and O–H groups in total. The van der Waals surface area contributed by atoms with Gasteiger partial charge in [0.2, 0.25) is 0 Å². The first kappa shape index (κ1) is 26.2. The summed E-state index contributed by atoms with van der Waals surface area (Å²) in [5.41, 5.74) is 7.13. The van der Waals surface area contributed by atoms with E-state index in [0.29, 0.717) is 43.2 Å². The Kier molecular flexibility index (Phi) is 7.72. The number of carbonyl (C=O) groups is 1. The van der Waals surface area contributed by atoms with Crippen LogP contribution in [0.4, 0.5) is 4.79 Å². The molecule has 1 aliphatic rings. The predicted octanol–water partition coefficient (Wildman–Crippen LogP) is 5.48. The van der Waals surface area contributed by atoms with E-state index in [-0.39, 0.29) is 24.4 Å². The minimum absolute atomic E-state index is 0.171. The van der Waals surface area contributed by atoms with Gasteiger partial charge in [0.25, 0.3) is 0 Å². The van der Waals surface area contributed by atoms with Gasteiger partial charge in [-0.15, -0.1) is 0 Å². The predicted molar refractivity (Wildman–Crippen MR) is 147 cm³/mol. The van der Waals surface area contributed by atoms with E-state index < -0.39 is 0 Å². The first-order chi connectivity index (χ1) is 18.9. The number of carbonyl (C=O) groups excluding carboxylic acids is 1. The Hall–Kier alpha value is -4.46. The molecule has 0 aliphatic carbocycles. The molecule has 2 heterocycles. The van der Waals surface area contributed by atoms with Crippen LogP contribution >= 0.6 is 0 Å². The lowest BCUT2D eigenvalue weighted by atomic mass is 9.85. The van der Waals surface area contributed by atoms with Gasteiger partial charge in [-0.05, 0) is 72.4 Å². The summed E-state index contributed by atoms with van der Waals surface area (Å²) in [5.74, 6) is 1.51. The Morgan fingerprint density at radius 1 is 1.13 bits per heavy atom. The van der Waals surface area contributed by atoms with Crippen LogP contribution in [0, 0.1) is 13.8 Å². The van der Waals surface area contributed by atoms with Gasteiger partial charge in [-0.1, -0.05) is 35.9 Å². The zero-order valence-corrected chi connectivity index (χ0v) is 22.4. The second-order valence-electron chi connectivity index (χ2n) is 9.81. The number of fused-ring (bicyclic) bond motifs is 1. The first-order valence-corrected chi connectivity index (χ1v) is 13.0. The molecule has 5 rings (SSSR count). The Bertz CT molecular complexity index is 1450. The third-order valence-electron chi connectivity index (χ3n) is 7.10. The summed E-state index contributed by atoms with van der Waals surface area (Å²) in [5, 5.41) is 12.8. The summed E-state index contributed by atoms with van der Waals surface area (Å²) >= 11 is 0. The molecule has 8 nitrogen and oxygen atoms in total. The fourth-order valence-corrected chi connectivity index (χ4v) is 5.17. The van der Waals surface area contributed by atoms with Crippen LogP contribution in [0.15, 0.2) is 71.7 Å². The van der Waals surface area contributed by atoms with Crippen molar-refractivity contribution in [2.45, 2.75) is 39.3 Å². The van der Waals surface area contributed by atoms with E-state index in [9.17, 15) is 9.90 Å². The fourth-order valence-electron chi connectivity index (χ4n) is 5.17. The number of nitrogens with zero attached hydrogens (tertiary/aromatic N) is 2. The van der Waals surface area contributed by atoms with Crippen molar-refractivity contribution in [2.24, 2.45) is 0 Å². The molecule has 0 spiro atoms. The first-order valence-electron chi connectivity index (χ1n) is 13.0. The van der Waals surface area contributed by atoms with Crippen LogP contribution in [0.5, 0.6) is 17.2 Å². The van der Waals surface area contributed by atoms with Gasteiger partial charge >= 0.3 is 6.03 Å². The number of amides is 2. The second kappa shape index (κ2) is 11.5. The monoisotopic (exact) mass is 527 g/mol. The number of benzene rings is 3. The van der Waals surface area contributed by atoms with E-state index in [0.717, 1.165) is 27.8 Å². The molecule has 1 aromatic heterocycles. The van der Waals surface area contributed by atoms with E-state index in [4.69, 9.17) is 13.9 Å². The number of aryl methyl sites for hydroxylation is 2. The maximum Gasteiger partial charge on any atom is 0.318 e. The number of phenols is 1. The molecule has 0 saturated heterocycles. The van der Waals surface area contributed by atoms with E-state index in [1.165, 1.54) is 18.2 Å². The highest BCUT2D eigenvalue weighted by atomic mass is 16.5. The van der Waals surface area contributed by atoms with Gasteiger partial charge in [-0.2, -0.15) is 0 Å². The molecule has 0 fully saturated rings. The third-order valence-corrected chi connectivity index (χ3v) is 7.10. The number of nitrogens with one attached hydrogen (secondary N) is 1. The molecule has 1 atom stereocenters. The van der Waals surface area contributed by atoms with Crippen molar-refractivity contribution in [2.75, 3.05) is 20.3 Å². The van der Waals surface area contributed by atoms with Crippen molar-refractivity contribution in [3.05, 3.63) is 106 Å². The lowest BCUT2D eigenvalue weighted by Crippen LogP contribution is -2.46. The topological polar surface area (TPSA) is 97.1 Å². The molecule has 1 unspecified atom stereocenters. The highest BCUT2D eigenvalue weighted by molar-refractivity contribution is 5.76. The van der Waals surface area contributed by atoms with Gasteiger partial charge in [0.15, 0.2) is 17.9 Å². The third kappa shape index (κ3) is 5.85. The van der Waals surface area contributed by atoms with Gasteiger partial charge < -0.3 is 29.2 Å².